The van der Waals surface area contributed by atoms with Crippen LogP contribution in [0.4, 0.5) is 13.2 Å². The molecule has 9 heteroatoms. The van der Waals surface area contributed by atoms with Crippen molar-refractivity contribution >= 4 is 5.91 Å². The number of hydrogen-bond acceptors (Lipinski definition) is 5. The van der Waals surface area contributed by atoms with E-state index in [2.05, 4.69) is 9.72 Å². The van der Waals surface area contributed by atoms with Gasteiger partial charge in [-0.05, 0) is 6.07 Å². The molecule has 1 amide bonds. The number of nitrogens with zero attached hydrogens (tertiary/aromatic N) is 1. The molecular formula is C11H13F3N2O4. The number of nitrogens with two attached hydrogens (primary N) is 1. The lowest BCUT2D eigenvalue weighted by Crippen LogP contribution is -2.25. The van der Waals surface area contributed by atoms with Crippen LogP contribution in [-0.4, -0.2) is 40.0 Å². The largest absolute Gasteiger partial charge is 0.468 e. The first kappa shape index (κ1) is 16.2. The molecule has 2 atom stereocenters. The van der Waals surface area contributed by atoms with Crippen molar-refractivity contribution in [3.63, 3.8) is 0 Å². The Morgan fingerprint density at radius 3 is 2.50 bits per heavy atom. The molecule has 6 nitrogen and oxygen atoms in total. The Labute approximate surface area is 112 Å². The van der Waals surface area contributed by atoms with Crippen LogP contribution in [0.25, 0.3) is 0 Å². The number of pyridine rings is 1. The van der Waals surface area contributed by atoms with E-state index < -0.39 is 37.3 Å². The number of carbonyl (C=O) groups excluding carboxylic acids is 1. The first-order valence-electron chi connectivity index (χ1n) is 5.49. The Bertz CT molecular complexity index is 450. The molecule has 0 spiro atoms. The zero-order chi connectivity index (χ0) is 15.3. The fourth-order valence-electron chi connectivity index (χ4n) is 1.35. The van der Waals surface area contributed by atoms with Gasteiger partial charge in [-0.15, -0.1) is 0 Å². The van der Waals surface area contributed by atoms with Crippen molar-refractivity contribution in [2.75, 3.05) is 6.61 Å². The van der Waals surface area contributed by atoms with Gasteiger partial charge in [0, 0.05) is 17.8 Å². The van der Waals surface area contributed by atoms with E-state index in [-0.39, 0.29) is 11.4 Å². The third-order valence-corrected chi connectivity index (χ3v) is 2.26. The highest BCUT2D eigenvalue weighted by atomic mass is 19.4. The molecule has 0 bridgehead atoms. The fourth-order valence-corrected chi connectivity index (χ4v) is 1.35. The van der Waals surface area contributed by atoms with Gasteiger partial charge in [0.1, 0.15) is 6.10 Å². The summed E-state index contributed by atoms with van der Waals surface area (Å²) in [4.78, 5) is 14.1. The Morgan fingerprint density at radius 1 is 1.40 bits per heavy atom. The molecule has 0 aliphatic heterocycles. The van der Waals surface area contributed by atoms with Crippen LogP contribution >= 0.6 is 0 Å². The molecule has 0 saturated carbocycles. The summed E-state index contributed by atoms with van der Waals surface area (Å²) in [5.41, 5.74) is 4.98. The highest BCUT2D eigenvalue weighted by Crippen LogP contribution is 2.21. The number of hydrogen-bond donors (Lipinski definition) is 3. The van der Waals surface area contributed by atoms with Crippen LogP contribution in [0, 0.1) is 0 Å². The quantitative estimate of drug-likeness (QED) is 0.699. The Hall–Kier alpha value is -1.87. The Morgan fingerprint density at radius 2 is 2.05 bits per heavy atom. The molecule has 112 valence electrons. The van der Waals surface area contributed by atoms with Gasteiger partial charge in [0.25, 0.3) is 0 Å². The minimum Gasteiger partial charge on any atom is -0.468 e. The van der Waals surface area contributed by atoms with Crippen LogP contribution in [0.5, 0.6) is 5.88 Å². The standard InChI is InChI=1S/C11H13F3N2O4/c12-11(13,14)5-20-9-2-1-6(4-16-9)10(19)7(17)3-8(15)18/h1-2,4,7,10,17,19H,3,5H2,(H2,15,18). The average Bonchev–Trinajstić information content (AvgIpc) is 2.34. The van der Waals surface area contributed by atoms with Crippen molar-refractivity contribution in [3.05, 3.63) is 23.9 Å². The molecule has 0 aliphatic rings. The maximum absolute atomic E-state index is 11.9. The summed E-state index contributed by atoms with van der Waals surface area (Å²) in [5.74, 6) is -1.07. The maximum Gasteiger partial charge on any atom is 0.422 e. The molecule has 0 aromatic carbocycles. The van der Waals surface area contributed by atoms with Crippen molar-refractivity contribution < 1.29 is 32.9 Å². The number of aliphatic hydroxyl groups excluding tert-OH is 2. The highest BCUT2D eigenvalue weighted by molar-refractivity contribution is 5.74. The molecule has 0 fully saturated rings. The zero-order valence-corrected chi connectivity index (χ0v) is 10.2. The fraction of sp³-hybridized carbons (Fsp3) is 0.455. The van der Waals surface area contributed by atoms with Crippen LogP contribution in [0.1, 0.15) is 18.1 Å². The van der Waals surface area contributed by atoms with Gasteiger partial charge in [-0.2, -0.15) is 13.2 Å². The topological polar surface area (TPSA) is 106 Å². The van der Waals surface area contributed by atoms with Crippen LogP contribution in [0.15, 0.2) is 18.3 Å². The van der Waals surface area contributed by atoms with Gasteiger partial charge in [0.15, 0.2) is 6.61 Å². The SMILES string of the molecule is NC(=O)CC(O)C(O)c1ccc(OCC(F)(F)F)nc1. The molecule has 0 saturated heterocycles. The van der Waals surface area contributed by atoms with Crippen molar-refractivity contribution in [3.8, 4) is 5.88 Å². The summed E-state index contributed by atoms with van der Waals surface area (Å²) < 4.78 is 40.1. The van der Waals surface area contributed by atoms with Crippen LogP contribution in [0.3, 0.4) is 0 Å². The van der Waals surface area contributed by atoms with Crippen LogP contribution < -0.4 is 10.5 Å². The summed E-state index contributed by atoms with van der Waals surface area (Å²) >= 11 is 0. The zero-order valence-electron chi connectivity index (χ0n) is 10.2. The molecule has 1 heterocycles. The minimum atomic E-state index is -4.47. The van der Waals surface area contributed by atoms with Gasteiger partial charge in [0.05, 0.1) is 12.5 Å². The van der Waals surface area contributed by atoms with E-state index in [0.717, 1.165) is 12.3 Å². The summed E-state index contributed by atoms with van der Waals surface area (Å²) in [5, 5.41) is 19.1. The molecule has 0 radical (unpaired) electrons. The number of rotatable bonds is 6. The summed E-state index contributed by atoms with van der Waals surface area (Å²) in [6, 6.07) is 2.34. The number of halogens is 3. The van der Waals surface area contributed by atoms with Gasteiger partial charge < -0.3 is 20.7 Å². The van der Waals surface area contributed by atoms with Crippen molar-refractivity contribution in [1.82, 2.24) is 4.98 Å². The second kappa shape index (κ2) is 6.53. The van der Waals surface area contributed by atoms with Gasteiger partial charge in [0.2, 0.25) is 11.8 Å². The Balaban J connectivity index is 2.63. The minimum absolute atomic E-state index is 0.123. The van der Waals surface area contributed by atoms with E-state index in [0.29, 0.717) is 0 Å². The van der Waals surface area contributed by atoms with Crippen LogP contribution in [-0.2, 0) is 4.79 Å². The first-order valence-corrected chi connectivity index (χ1v) is 5.49. The van der Waals surface area contributed by atoms with E-state index in [4.69, 9.17) is 5.73 Å². The van der Waals surface area contributed by atoms with Crippen molar-refractivity contribution in [1.29, 1.82) is 0 Å². The van der Waals surface area contributed by atoms with E-state index in [9.17, 15) is 28.2 Å². The summed E-state index contributed by atoms with van der Waals surface area (Å²) in [6.45, 7) is -1.48. The number of aromatic nitrogens is 1. The van der Waals surface area contributed by atoms with Crippen molar-refractivity contribution in [2.24, 2.45) is 5.73 Å². The predicted molar refractivity (Wildman–Crippen MR) is 60.6 cm³/mol. The Kier molecular flexibility index (Phi) is 5.28. The first-order chi connectivity index (χ1) is 9.19. The molecule has 1 rings (SSSR count). The molecule has 20 heavy (non-hydrogen) atoms. The number of aliphatic hydroxyl groups is 2. The summed E-state index contributed by atoms with van der Waals surface area (Å²) in [6.07, 6.45) is -6.73. The smallest absolute Gasteiger partial charge is 0.422 e. The number of primary amides is 1. The highest BCUT2D eigenvalue weighted by Gasteiger charge is 2.28. The van der Waals surface area contributed by atoms with E-state index in [1.165, 1.54) is 6.07 Å². The van der Waals surface area contributed by atoms with Gasteiger partial charge in [-0.1, -0.05) is 0 Å². The molecule has 0 aliphatic carbocycles. The van der Waals surface area contributed by atoms with Crippen molar-refractivity contribution in [2.45, 2.75) is 24.8 Å². The second-order valence-electron chi connectivity index (χ2n) is 4.02. The second-order valence-corrected chi connectivity index (χ2v) is 4.02. The third kappa shape index (κ3) is 5.41. The lowest BCUT2D eigenvalue weighted by Gasteiger charge is -2.16. The number of carbonyl (C=O) groups is 1. The number of amides is 1. The molecule has 1 aromatic rings. The summed E-state index contributed by atoms with van der Waals surface area (Å²) in [7, 11) is 0. The van der Waals surface area contributed by atoms with Crippen LogP contribution in [0.2, 0.25) is 0 Å². The number of ether oxygens (including phenoxy) is 1. The van der Waals surface area contributed by atoms with E-state index >= 15 is 0 Å². The number of alkyl halides is 3. The normalized spacial score (nSPS) is 14.7. The molecular weight excluding hydrogens is 281 g/mol. The van der Waals surface area contributed by atoms with Gasteiger partial charge in [-0.3, -0.25) is 4.79 Å². The predicted octanol–water partition coefficient (Wildman–Crippen LogP) is 0.292. The monoisotopic (exact) mass is 294 g/mol. The molecule has 4 N–H and O–H groups in total. The molecule has 2 unspecified atom stereocenters. The van der Waals surface area contributed by atoms with E-state index in [1.54, 1.807) is 0 Å². The molecule has 1 aromatic heterocycles. The van der Waals surface area contributed by atoms with Gasteiger partial charge in [-0.25, -0.2) is 4.98 Å². The van der Waals surface area contributed by atoms with E-state index in [1.807, 2.05) is 0 Å². The lowest BCUT2D eigenvalue weighted by atomic mass is 10.0. The van der Waals surface area contributed by atoms with Gasteiger partial charge >= 0.3 is 6.18 Å². The maximum atomic E-state index is 11.9. The average molecular weight is 294 g/mol. The lowest BCUT2D eigenvalue weighted by molar-refractivity contribution is -0.154. The third-order valence-electron chi connectivity index (χ3n) is 2.26.